The number of halogens is 2. The summed E-state index contributed by atoms with van der Waals surface area (Å²) in [7, 11) is 1.76. The minimum atomic E-state index is 0. The molecule has 0 fully saturated rings. The summed E-state index contributed by atoms with van der Waals surface area (Å²) in [6.07, 6.45) is 2.51. The van der Waals surface area contributed by atoms with Gasteiger partial charge >= 0.3 is 0 Å². The van der Waals surface area contributed by atoms with E-state index in [0.717, 1.165) is 35.3 Å². The van der Waals surface area contributed by atoms with Gasteiger partial charge in [-0.2, -0.15) is 0 Å². The van der Waals surface area contributed by atoms with E-state index >= 15 is 0 Å². The molecule has 0 aliphatic carbocycles. The van der Waals surface area contributed by atoms with Gasteiger partial charge in [-0.1, -0.05) is 23.7 Å². The van der Waals surface area contributed by atoms with Crippen molar-refractivity contribution in [2.75, 3.05) is 13.6 Å². The molecule has 0 aliphatic rings. The highest BCUT2D eigenvalue weighted by molar-refractivity contribution is 14.0. The zero-order valence-electron chi connectivity index (χ0n) is 12.7. The second-order valence-electron chi connectivity index (χ2n) is 4.77. The van der Waals surface area contributed by atoms with Gasteiger partial charge in [-0.25, -0.2) is 0 Å². The number of hydrogen-bond donors (Lipinski definition) is 2. The number of aryl methyl sites for hydroxylation is 1. The van der Waals surface area contributed by atoms with Crippen LogP contribution < -0.4 is 10.6 Å². The molecular formula is C16H21ClIN3O. The third-order valence-corrected chi connectivity index (χ3v) is 3.57. The number of rotatable bonds is 5. The van der Waals surface area contributed by atoms with Crippen LogP contribution in [0.5, 0.6) is 0 Å². The largest absolute Gasteiger partial charge is 0.469 e. The van der Waals surface area contributed by atoms with E-state index in [1.54, 1.807) is 13.3 Å². The first-order valence-electron chi connectivity index (χ1n) is 6.91. The number of furan rings is 1. The summed E-state index contributed by atoms with van der Waals surface area (Å²) in [6, 6.07) is 9.87. The van der Waals surface area contributed by atoms with Crippen LogP contribution in [0.4, 0.5) is 0 Å². The Hall–Kier alpha value is -1.21. The predicted octanol–water partition coefficient (Wildman–Crippen LogP) is 3.77. The number of nitrogens with one attached hydrogen (secondary N) is 2. The van der Waals surface area contributed by atoms with E-state index in [1.165, 1.54) is 5.56 Å². The maximum Gasteiger partial charge on any atom is 0.191 e. The Morgan fingerprint density at radius 1 is 1.27 bits per heavy atom. The summed E-state index contributed by atoms with van der Waals surface area (Å²) >= 11 is 6.02. The van der Waals surface area contributed by atoms with Gasteiger partial charge in [-0.15, -0.1) is 24.0 Å². The molecule has 0 saturated carbocycles. The van der Waals surface area contributed by atoms with Crippen LogP contribution in [0.25, 0.3) is 0 Å². The van der Waals surface area contributed by atoms with Crippen LogP contribution in [0, 0.1) is 6.92 Å². The molecule has 0 saturated heterocycles. The van der Waals surface area contributed by atoms with Gasteiger partial charge in [0.05, 0.1) is 6.26 Å². The summed E-state index contributed by atoms with van der Waals surface area (Å²) in [5.41, 5.74) is 2.25. The van der Waals surface area contributed by atoms with Crippen LogP contribution in [-0.4, -0.2) is 19.6 Å². The molecule has 22 heavy (non-hydrogen) atoms. The number of hydrogen-bond acceptors (Lipinski definition) is 2. The molecule has 0 unspecified atom stereocenters. The van der Waals surface area contributed by atoms with Crippen molar-refractivity contribution in [3.63, 3.8) is 0 Å². The molecule has 0 radical (unpaired) electrons. The van der Waals surface area contributed by atoms with Gasteiger partial charge in [-0.3, -0.25) is 4.99 Å². The number of guanidine groups is 1. The van der Waals surface area contributed by atoms with Crippen LogP contribution in [0.1, 0.15) is 16.9 Å². The maximum atomic E-state index is 6.02. The van der Waals surface area contributed by atoms with Gasteiger partial charge < -0.3 is 15.1 Å². The molecule has 0 atom stereocenters. The van der Waals surface area contributed by atoms with Crippen molar-refractivity contribution in [3.05, 3.63) is 58.5 Å². The molecule has 1 heterocycles. The van der Waals surface area contributed by atoms with E-state index in [4.69, 9.17) is 16.0 Å². The molecule has 4 nitrogen and oxygen atoms in total. The molecule has 2 N–H and O–H groups in total. The number of nitrogens with zero attached hydrogens (tertiary/aromatic N) is 1. The van der Waals surface area contributed by atoms with Crippen LogP contribution in [0.15, 0.2) is 46.0 Å². The summed E-state index contributed by atoms with van der Waals surface area (Å²) in [6.45, 7) is 3.48. The number of benzene rings is 1. The Balaban J connectivity index is 0.00000242. The molecule has 0 spiro atoms. The standard InChI is InChI=1S/C16H20ClN3O.HI/c1-12-10-13(5-6-15(12)17)11-20-16(18-2)19-8-7-14-4-3-9-21-14;/h3-6,9-10H,7-8,11H2,1-2H3,(H2,18,19,20);1H. The average molecular weight is 434 g/mol. The highest BCUT2D eigenvalue weighted by Crippen LogP contribution is 2.15. The lowest BCUT2D eigenvalue weighted by Crippen LogP contribution is -2.37. The normalized spacial score (nSPS) is 11.0. The van der Waals surface area contributed by atoms with Crippen LogP contribution in [-0.2, 0) is 13.0 Å². The SMILES string of the molecule is CN=C(NCCc1ccco1)NCc1ccc(Cl)c(C)c1.I. The Morgan fingerprint density at radius 3 is 2.73 bits per heavy atom. The third kappa shape index (κ3) is 5.88. The molecule has 1 aromatic heterocycles. The molecular weight excluding hydrogens is 413 g/mol. The predicted molar refractivity (Wildman–Crippen MR) is 102 cm³/mol. The van der Waals surface area contributed by atoms with Crippen molar-refractivity contribution in [3.8, 4) is 0 Å². The Labute approximate surface area is 153 Å². The van der Waals surface area contributed by atoms with E-state index < -0.39 is 0 Å². The topological polar surface area (TPSA) is 49.6 Å². The van der Waals surface area contributed by atoms with E-state index in [9.17, 15) is 0 Å². The monoisotopic (exact) mass is 433 g/mol. The molecule has 0 amide bonds. The second kappa shape index (κ2) is 9.74. The molecule has 6 heteroatoms. The van der Waals surface area contributed by atoms with Crippen molar-refractivity contribution in [1.82, 2.24) is 10.6 Å². The van der Waals surface area contributed by atoms with Crippen LogP contribution in [0.3, 0.4) is 0 Å². The average Bonchev–Trinajstić information content (AvgIpc) is 2.99. The quantitative estimate of drug-likeness (QED) is 0.429. The highest BCUT2D eigenvalue weighted by atomic mass is 127. The Morgan fingerprint density at radius 2 is 2.09 bits per heavy atom. The van der Waals surface area contributed by atoms with Crippen molar-refractivity contribution in [2.24, 2.45) is 4.99 Å². The molecule has 0 bridgehead atoms. The van der Waals surface area contributed by atoms with E-state index in [0.29, 0.717) is 6.54 Å². The molecule has 2 aromatic rings. The second-order valence-corrected chi connectivity index (χ2v) is 5.17. The molecule has 2 rings (SSSR count). The fraction of sp³-hybridized carbons (Fsp3) is 0.312. The van der Waals surface area contributed by atoms with E-state index in [1.807, 2.05) is 31.2 Å². The first kappa shape index (κ1) is 18.8. The van der Waals surface area contributed by atoms with Gasteiger partial charge in [0, 0.05) is 31.6 Å². The van der Waals surface area contributed by atoms with Crippen molar-refractivity contribution in [2.45, 2.75) is 19.9 Å². The maximum absolute atomic E-state index is 6.02. The van der Waals surface area contributed by atoms with Crippen molar-refractivity contribution < 1.29 is 4.42 Å². The van der Waals surface area contributed by atoms with Gasteiger partial charge in [0.1, 0.15) is 5.76 Å². The molecule has 120 valence electrons. The van der Waals surface area contributed by atoms with Crippen LogP contribution >= 0.6 is 35.6 Å². The van der Waals surface area contributed by atoms with Gasteiger partial charge in [-0.05, 0) is 36.2 Å². The van der Waals surface area contributed by atoms with E-state index in [-0.39, 0.29) is 24.0 Å². The zero-order chi connectivity index (χ0) is 15.1. The summed E-state index contributed by atoms with van der Waals surface area (Å²) < 4.78 is 5.29. The lowest BCUT2D eigenvalue weighted by molar-refractivity contribution is 0.507. The zero-order valence-corrected chi connectivity index (χ0v) is 15.8. The van der Waals surface area contributed by atoms with Gasteiger partial charge in [0.2, 0.25) is 0 Å². The summed E-state index contributed by atoms with van der Waals surface area (Å²) in [4.78, 5) is 4.20. The minimum Gasteiger partial charge on any atom is -0.469 e. The fourth-order valence-electron chi connectivity index (χ4n) is 1.98. The minimum absolute atomic E-state index is 0. The lowest BCUT2D eigenvalue weighted by Gasteiger charge is -2.12. The Kier molecular flexibility index (Phi) is 8.34. The lowest BCUT2D eigenvalue weighted by atomic mass is 10.1. The first-order valence-corrected chi connectivity index (χ1v) is 7.29. The number of aliphatic imine (C=N–C) groups is 1. The first-order chi connectivity index (χ1) is 10.2. The van der Waals surface area contributed by atoms with Gasteiger partial charge in [0.15, 0.2) is 5.96 Å². The smallest absolute Gasteiger partial charge is 0.191 e. The summed E-state index contributed by atoms with van der Waals surface area (Å²) in [5, 5.41) is 7.33. The summed E-state index contributed by atoms with van der Waals surface area (Å²) in [5.74, 6) is 1.74. The molecule has 1 aromatic carbocycles. The van der Waals surface area contributed by atoms with E-state index in [2.05, 4.69) is 21.7 Å². The Bertz CT molecular complexity index is 599. The van der Waals surface area contributed by atoms with Crippen LogP contribution in [0.2, 0.25) is 5.02 Å². The molecule has 0 aliphatic heterocycles. The van der Waals surface area contributed by atoms with Crippen molar-refractivity contribution in [1.29, 1.82) is 0 Å². The van der Waals surface area contributed by atoms with Gasteiger partial charge in [0.25, 0.3) is 0 Å². The van der Waals surface area contributed by atoms with Crippen molar-refractivity contribution >= 4 is 41.5 Å². The fourth-order valence-corrected chi connectivity index (χ4v) is 2.10. The highest BCUT2D eigenvalue weighted by Gasteiger charge is 2.01. The third-order valence-electron chi connectivity index (χ3n) is 3.15.